The monoisotopic (exact) mass is 638 g/mol. The van der Waals surface area contributed by atoms with Crippen molar-refractivity contribution in [3.8, 4) is 0 Å². The van der Waals surface area contributed by atoms with Gasteiger partial charge < -0.3 is 20.2 Å². The van der Waals surface area contributed by atoms with Gasteiger partial charge in [-0.15, -0.1) is 0 Å². The minimum absolute atomic E-state index is 0.0158. The molecule has 0 aliphatic carbocycles. The predicted molar refractivity (Wildman–Crippen MR) is 186 cm³/mol. The van der Waals surface area contributed by atoms with Crippen LogP contribution in [-0.4, -0.2) is 53.5 Å². The number of nitrogens with zero attached hydrogens (tertiary/aromatic N) is 1. The molecule has 0 radical (unpaired) electrons. The van der Waals surface area contributed by atoms with E-state index in [1.54, 1.807) is 24.3 Å². The number of carbonyl (C=O) groups excluding carboxylic acids is 2. The number of benzene rings is 4. The van der Waals surface area contributed by atoms with Crippen LogP contribution in [-0.2, 0) is 14.0 Å². The van der Waals surface area contributed by atoms with Crippen molar-refractivity contribution in [1.82, 2.24) is 4.90 Å². The number of carboxylic acid groups (broad SMARTS) is 1. The summed E-state index contributed by atoms with van der Waals surface area (Å²) >= 11 is 0. The first-order chi connectivity index (χ1) is 21.4. The first kappa shape index (κ1) is 32.2. The molecule has 4 aromatic carbocycles. The number of likely N-dealkylation sites (tertiary alicyclic amines) is 1. The van der Waals surface area contributed by atoms with E-state index in [1.165, 1.54) is 4.90 Å². The SMILES string of the molecule is C[C@@H](O[Si](C)(C)C)[C@H]1C(=O)N(C(C(=O)O)=P(c2ccccc2)(c2ccccc2)c2ccccc2)[C@@H]1CC(=O)c1cccc(N)c1. The molecule has 232 valence electrons. The molecule has 1 fully saturated rings. The third-order valence-electron chi connectivity index (χ3n) is 8.08. The van der Waals surface area contributed by atoms with Crippen LogP contribution in [0.5, 0.6) is 0 Å². The van der Waals surface area contributed by atoms with Crippen molar-refractivity contribution in [2.75, 3.05) is 5.73 Å². The zero-order valence-corrected chi connectivity index (χ0v) is 27.9. The molecule has 1 aliphatic heterocycles. The van der Waals surface area contributed by atoms with Gasteiger partial charge in [0.05, 0.1) is 18.1 Å². The molecule has 4 aromatic rings. The highest BCUT2D eigenvalue weighted by Crippen LogP contribution is 2.50. The number of hydrogen-bond donors (Lipinski definition) is 2. The Labute approximate surface area is 265 Å². The fraction of sp³-hybridized carbons (Fsp3) is 0.222. The van der Waals surface area contributed by atoms with Gasteiger partial charge in [-0.25, -0.2) is 4.79 Å². The van der Waals surface area contributed by atoms with Gasteiger partial charge in [-0.3, -0.25) is 9.59 Å². The van der Waals surface area contributed by atoms with Crippen LogP contribution < -0.4 is 21.6 Å². The number of Topliss-reactive ketones (excluding diaryl/α,β-unsaturated/α-hetero) is 1. The van der Waals surface area contributed by atoms with Crippen LogP contribution in [0.15, 0.2) is 115 Å². The van der Waals surface area contributed by atoms with Crippen molar-refractivity contribution in [3.05, 3.63) is 121 Å². The first-order valence-corrected chi connectivity index (χ1v) is 20.2. The minimum Gasteiger partial charge on any atom is -0.477 e. The lowest BCUT2D eigenvalue weighted by atomic mass is 9.79. The van der Waals surface area contributed by atoms with Gasteiger partial charge in [0.15, 0.2) is 14.1 Å². The number of amides is 1. The molecular formula is C36H39N2O5PSi. The Morgan fingerprint density at radius 1 is 0.844 bits per heavy atom. The maximum absolute atomic E-state index is 14.4. The third kappa shape index (κ3) is 6.32. The topological polar surface area (TPSA) is 110 Å². The standard InChI is InChI=1S/C36H39N2O5PSi/c1-25(43-45(2,3)4)33-31(24-32(39)26-15-14-16-27(37)23-26)38(34(33)40)35(36(41)42)44(28-17-8-5-9-18-28,29-19-10-6-11-20-29)30-21-12-7-13-22-30/h5-23,25,31,33H,24,37H2,1-4H3,(H,41,42)/t25-,31-,33-/m1/s1. The van der Waals surface area contributed by atoms with Gasteiger partial charge in [0.1, 0.15) is 5.42 Å². The van der Waals surface area contributed by atoms with Gasteiger partial charge >= 0.3 is 5.97 Å². The van der Waals surface area contributed by atoms with E-state index in [2.05, 4.69) is 0 Å². The minimum atomic E-state index is -3.18. The van der Waals surface area contributed by atoms with Crippen molar-refractivity contribution in [3.63, 3.8) is 0 Å². The average molecular weight is 639 g/mol. The largest absolute Gasteiger partial charge is 0.477 e. The molecule has 0 unspecified atom stereocenters. The number of nitrogens with two attached hydrogens (primary N) is 1. The fourth-order valence-corrected chi connectivity index (χ4v) is 12.0. The number of hydrogen-bond acceptors (Lipinski definition) is 5. The Morgan fingerprint density at radius 3 is 1.76 bits per heavy atom. The summed E-state index contributed by atoms with van der Waals surface area (Å²) in [6.45, 7) is 4.81. The molecule has 5 rings (SSSR count). The molecule has 0 spiro atoms. The third-order valence-corrected chi connectivity index (χ3v) is 13.4. The maximum Gasteiger partial charge on any atom is 0.353 e. The van der Waals surface area contributed by atoms with Crippen LogP contribution in [0.25, 0.3) is 0 Å². The van der Waals surface area contributed by atoms with E-state index in [9.17, 15) is 19.5 Å². The van der Waals surface area contributed by atoms with E-state index < -0.39 is 39.2 Å². The summed E-state index contributed by atoms with van der Waals surface area (Å²) < 4.78 is 6.39. The molecule has 1 aliphatic rings. The quantitative estimate of drug-likeness (QED) is 0.0777. The van der Waals surface area contributed by atoms with Crippen molar-refractivity contribution < 1.29 is 23.9 Å². The molecular weight excluding hydrogens is 599 g/mol. The number of carboxylic acids is 1. The molecule has 0 saturated carbocycles. The molecule has 7 nitrogen and oxygen atoms in total. The molecule has 45 heavy (non-hydrogen) atoms. The molecule has 1 amide bonds. The fourth-order valence-electron chi connectivity index (χ4n) is 6.39. The van der Waals surface area contributed by atoms with E-state index in [4.69, 9.17) is 10.2 Å². The number of rotatable bonds is 11. The van der Waals surface area contributed by atoms with Crippen LogP contribution >= 0.6 is 6.89 Å². The van der Waals surface area contributed by atoms with Gasteiger partial charge in [-0.1, -0.05) is 103 Å². The van der Waals surface area contributed by atoms with Crippen LogP contribution in [0.1, 0.15) is 23.7 Å². The van der Waals surface area contributed by atoms with E-state index in [0.29, 0.717) is 11.3 Å². The molecule has 0 aromatic heterocycles. The number of ketones is 1. The normalized spacial score (nSPS) is 17.3. The second-order valence-electron chi connectivity index (χ2n) is 12.3. The Morgan fingerprint density at radius 2 is 1.33 bits per heavy atom. The van der Waals surface area contributed by atoms with Gasteiger partial charge in [0, 0.05) is 24.6 Å². The number of aliphatic carboxylic acids is 1. The summed E-state index contributed by atoms with van der Waals surface area (Å²) in [6, 6.07) is 34.6. The van der Waals surface area contributed by atoms with Crippen molar-refractivity contribution in [1.29, 1.82) is 0 Å². The smallest absolute Gasteiger partial charge is 0.353 e. The summed E-state index contributed by atoms with van der Waals surface area (Å²) in [5.74, 6) is -2.47. The molecule has 3 N–H and O–H groups in total. The summed E-state index contributed by atoms with van der Waals surface area (Å²) in [5, 5.41) is 13.6. The maximum atomic E-state index is 14.4. The molecule has 1 saturated heterocycles. The Balaban J connectivity index is 1.81. The zero-order chi connectivity index (χ0) is 32.4. The highest BCUT2D eigenvalue weighted by Gasteiger charge is 2.56. The van der Waals surface area contributed by atoms with Gasteiger partial charge in [0.25, 0.3) is 0 Å². The van der Waals surface area contributed by atoms with Crippen molar-refractivity contribution >= 4 is 59.9 Å². The Kier molecular flexibility index (Phi) is 9.30. The second-order valence-corrected chi connectivity index (χ2v) is 20.1. The lowest BCUT2D eigenvalue weighted by Crippen LogP contribution is -2.69. The van der Waals surface area contributed by atoms with Crippen LogP contribution in [0.2, 0.25) is 19.6 Å². The van der Waals surface area contributed by atoms with Gasteiger partial charge in [0.2, 0.25) is 5.91 Å². The number of nitrogen functional groups attached to an aromatic ring is 1. The molecule has 1 heterocycles. The highest BCUT2D eigenvalue weighted by molar-refractivity contribution is 7.96. The summed E-state index contributed by atoms with van der Waals surface area (Å²) in [7, 11) is -2.09. The van der Waals surface area contributed by atoms with Crippen LogP contribution in [0.3, 0.4) is 0 Å². The Hall–Kier alpha value is -4.23. The van der Waals surface area contributed by atoms with Gasteiger partial charge in [-0.2, -0.15) is 0 Å². The molecule has 0 bridgehead atoms. The first-order valence-electron chi connectivity index (χ1n) is 15.0. The number of β-lactam (4-membered cyclic amide) rings is 1. The van der Waals surface area contributed by atoms with E-state index >= 15 is 0 Å². The van der Waals surface area contributed by atoms with Crippen molar-refractivity contribution in [2.45, 2.75) is 45.1 Å². The Bertz CT molecular complexity index is 1650. The number of carbonyl (C=O) groups is 3. The molecule has 9 heteroatoms. The zero-order valence-electron chi connectivity index (χ0n) is 26.0. The van der Waals surface area contributed by atoms with E-state index in [-0.39, 0.29) is 23.5 Å². The lowest BCUT2D eigenvalue weighted by Gasteiger charge is -2.51. The van der Waals surface area contributed by atoms with E-state index in [0.717, 1.165) is 15.9 Å². The average Bonchev–Trinajstić information content (AvgIpc) is 3.01. The lowest BCUT2D eigenvalue weighted by molar-refractivity contribution is -0.155. The predicted octanol–water partition coefficient (Wildman–Crippen LogP) is 5.12. The summed E-state index contributed by atoms with van der Waals surface area (Å²) in [4.78, 5) is 43.4. The van der Waals surface area contributed by atoms with Crippen LogP contribution in [0.4, 0.5) is 5.69 Å². The number of anilines is 1. The second kappa shape index (κ2) is 13.0. The highest BCUT2D eigenvalue weighted by atomic mass is 31.2. The summed E-state index contributed by atoms with van der Waals surface area (Å²) in [5.41, 5.74) is 6.85. The summed E-state index contributed by atoms with van der Waals surface area (Å²) in [6.07, 6.45) is -0.582. The van der Waals surface area contributed by atoms with Gasteiger partial charge in [-0.05, 0) is 54.6 Å². The molecule has 3 atom stereocenters. The van der Waals surface area contributed by atoms with E-state index in [1.807, 2.05) is 118 Å². The van der Waals surface area contributed by atoms with Crippen LogP contribution in [0, 0.1) is 5.92 Å². The van der Waals surface area contributed by atoms with Crippen molar-refractivity contribution in [2.24, 2.45) is 5.92 Å².